The maximum atomic E-state index is 11.0. The van der Waals surface area contributed by atoms with E-state index < -0.39 is 0 Å². The van der Waals surface area contributed by atoms with Crippen molar-refractivity contribution in [2.24, 2.45) is 0 Å². The first-order valence-corrected chi connectivity index (χ1v) is 8.79. The summed E-state index contributed by atoms with van der Waals surface area (Å²) in [6, 6.07) is 2.32. The van der Waals surface area contributed by atoms with Crippen LogP contribution in [0.25, 0.3) is 0 Å². The molecule has 0 saturated carbocycles. The fourth-order valence-electron chi connectivity index (χ4n) is 1.45. The summed E-state index contributed by atoms with van der Waals surface area (Å²) in [4.78, 5) is 22.0. The number of carbonyl (C=O) groups excluding carboxylic acids is 2. The maximum absolute atomic E-state index is 11.0. The molecule has 0 spiro atoms. The third-order valence-corrected chi connectivity index (χ3v) is 4.38. The highest BCUT2D eigenvalue weighted by Gasteiger charge is 1.98. The van der Waals surface area contributed by atoms with Gasteiger partial charge in [0.25, 0.3) is 0 Å². The maximum Gasteiger partial charge on any atom is 0.330 e. The predicted octanol–water partition coefficient (Wildman–Crippen LogP) is 2.01. The Kier molecular flexibility index (Phi) is 12.1. The van der Waals surface area contributed by atoms with Crippen LogP contribution in [0, 0.1) is 0 Å². The van der Waals surface area contributed by atoms with E-state index in [1.807, 2.05) is 0 Å². The lowest BCUT2D eigenvalue weighted by Crippen LogP contribution is -2.05. The van der Waals surface area contributed by atoms with Gasteiger partial charge in [-0.25, -0.2) is 9.59 Å². The third-order valence-electron chi connectivity index (χ3n) is 2.38. The zero-order valence-corrected chi connectivity index (χ0v) is 13.3. The Hall–Kier alpha value is -1.36. The summed E-state index contributed by atoms with van der Waals surface area (Å²) >= 11 is 0. The monoisotopic (exact) mass is 284 g/mol. The molecular weight excluding hydrogens is 260 g/mol. The number of ether oxygens (including phenoxy) is 2. The van der Waals surface area contributed by atoms with Gasteiger partial charge in [0.15, 0.2) is 0 Å². The fourth-order valence-corrected chi connectivity index (χ4v) is 2.92. The molecule has 0 radical (unpaired) electrons. The van der Waals surface area contributed by atoms with Gasteiger partial charge in [-0.1, -0.05) is 24.2 Å². The van der Waals surface area contributed by atoms with E-state index in [0.717, 1.165) is 24.9 Å². The molecule has 0 aromatic heterocycles. The highest BCUT2D eigenvalue weighted by atomic mass is 28.2. The Morgan fingerprint density at radius 2 is 1.32 bits per heavy atom. The first-order chi connectivity index (χ1) is 9.20. The van der Waals surface area contributed by atoms with E-state index in [-0.39, 0.29) is 21.5 Å². The molecule has 0 bridgehead atoms. The quantitative estimate of drug-likeness (QED) is 0.266. The molecule has 0 aliphatic heterocycles. The molecule has 0 unspecified atom stereocenters. The number of hydrogen-bond donors (Lipinski definition) is 0. The first-order valence-electron chi connectivity index (χ1n) is 6.79. The van der Waals surface area contributed by atoms with Gasteiger partial charge < -0.3 is 9.47 Å². The average molecular weight is 284 g/mol. The number of esters is 2. The largest absolute Gasteiger partial charge is 0.463 e. The lowest BCUT2D eigenvalue weighted by atomic mass is 10.5. The predicted molar refractivity (Wildman–Crippen MR) is 78.9 cm³/mol. The molecule has 0 aliphatic carbocycles. The van der Waals surface area contributed by atoms with Crippen molar-refractivity contribution >= 4 is 21.5 Å². The van der Waals surface area contributed by atoms with Gasteiger partial charge in [-0.05, 0) is 26.7 Å². The van der Waals surface area contributed by atoms with Crippen molar-refractivity contribution < 1.29 is 19.1 Å². The second-order valence-electron chi connectivity index (χ2n) is 4.10. The van der Waals surface area contributed by atoms with Crippen LogP contribution in [-0.4, -0.2) is 34.7 Å². The zero-order valence-electron chi connectivity index (χ0n) is 11.9. The molecule has 108 valence electrons. The van der Waals surface area contributed by atoms with Crippen LogP contribution in [0.15, 0.2) is 24.3 Å². The van der Waals surface area contributed by atoms with Gasteiger partial charge in [-0.3, -0.25) is 0 Å². The van der Waals surface area contributed by atoms with Gasteiger partial charge in [0, 0.05) is 21.7 Å². The molecule has 0 rings (SSSR count). The fraction of sp³-hybridized carbons (Fsp3) is 0.571. The van der Waals surface area contributed by atoms with Crippen molar-refractivity contribution in [2.45, 2.75) is 38.8 Å². The Balaban J connectivity index is 3.23. The first kappa shape index (κ1) is 17.6. The van der Waals surface area contributed by atoms with Crippen molar-refractivity contribution in [1.82, 2.24) is 0 Å². The zero-order chi connectivity index (χ0) is 14.3. The summed E-state index contributed by atoms with van der Waals surface area (Å²) in [5.41, 5.74) is 0. The molecule has 5 heteroatoms. The molecule has 0 N–H and O–H groups in total. The Labute approximate surface area is 117 Å². The van der Waals surface area contributed by atoms with Gasteiger partial charge in [0.1, 0.15) is 0 Å². The minimum Gasteiger partial charge on any atom is -0.463 e. The Morgan fingerprint density at radius 1 is 0.895 bits per heavy atom. The molecule has 4 nitrogen and oxygen atoms in total. The Bertz CT molecular complexity index is 281. The second-order valence-corrected chi connectivity index (χ2v) is 6.22. The molecule has 0 amide bonds. The minimum atomic E-state index is -0.264. The van der Waals surface area contributed by atoms with Crippen molar-refractivity contribution in [3.8, 4) is 0 Å². The molecule has 0 atom stereocenters. The molecule has 0 fully saturated rings. The Morgan fingerprint density at radius 3 is 1.68 bits per heavy atom. The average Bonchev–Trinajstić information content (AvgIpc) is 2.37. The third kappa shape index (κ3) is 12.9. The summed E-state index contributed by atoms with van der Waals surface area (Å²) in [5.74, 6) is -0.528. The molecule has 0 aliphatic rings. The smallest absolute Gasteiger partial charge is 0.330 e. The van der Waals surface area contributed by atoms with Gasteiger partial charge >= 0.3 is 11.9 Å². The van der Waals surface area contributed by atoms with Crippen LogP contribution in [-0.2, 0) is 19.1 Å². The van der Waals surface area contributed by atoms with E-state index in [9.17, 15) is 9.59 Å². The van der Waals surface area contributed by atoms with E-state index in [0.29, 0.717) is 13.2 Å². The minimum absolute atomic E-state index is 0.120. The summed E-state index contributed by atoms with van der Waals surface area (Å²) in [7, 11) is -0.120. The van der Waals surface area contributed by atoms with Crippen molar-refractivity contribution in [3.05, 3.63) is 24.3 Å². The molecular formula is C14H24O4Si. The van der Waals surface area contributed by atoms with Gasteiger partial charge in [-0.2, -0.15) is 0 Å². The van der Waals surface area contributed by atoms with Crippen LogP contribution in [0.3, 0.4) is 0 Å². The van der Waals surface area contributed by atoms with E-state index in [1.165, 1.54) is 12.2 Å². The van der Waals surface area contributed by atoms with E-state index in [2.05, 4.69) is 0 Å². The van der Waals surface area contributed by atoms with Crippen molar-refractivity contribution in [1.29, 1.82) is 0 Å². The second kappa shape index (κ2) is 13.1. The van der Waals surface area contributed by atoms with Crippen LogP contribution in [0.2, 0.25) is 12.1 Å². The number of allylic oxidation sites excluding steroid dienone is 2. The SMILES string of the molecule is CC=CC(=O)OCCC[SiH2]CCCOC(=O)C=CC. The lowest BCUT2D eigenvalue weighted by molar-refractivity contribution is -0.138. The van der Waals surface area contributed by atoms with Crippen LogP contribution < -0.4 is 0 Å². The van der Waals surface area contributed by atoms with Crippen LogP contribution in [0.4, 0.5) is 0 Å². The molecule has 0 heterocycles. The van der Waals surface area contributed by atoms with Gasteiger partial charge in [0.05, 0.1) is 13.2 Å². The summed E-state index contributed by atoms with van der Waals surface area (Å²) in [6.45, 7) is 4.59. The van der Waals surface area contributed by atoms with Gasteiger partial charge in [-0.15, -0.1) is 0 Å². The molecule has 0 saturated heterocycles. The van der Waals surface area contributed by atoms with E-state index in [1.54, 1.807) is 26.0 Å². The highest BCUT2D eigenvalue weighted by Crippen LogP contribution is 1.98. The van der Waals surface area contributed by atoms with Crippen molar-refractivity contribution in [2.75, 3.05) is 13.2 Å². The van der Waals surface area contributed by atoms with Crippen LogP contribution in [0.5, 0.6) is 0 Å². The topological polar surface area (TPSA) is 52.6 Å². The van der Waals surface area contributed by atoms with E-state index >= 15 is 0 Å². The highest BCUT2D eigenvalue weighted by molar-refractivity contribution is 6.35. The number of carbonyl (C=O) groups is 2. The summed E-state index contributed by atoms with van der Waals surface area (Å²) in [6.07, 6.45) is 8.08. The lowest BCUT2D eigenvalue weighted by Gasteiger charge is -2.03. The number of rotatable bonds is 10. The van der Waals surface area contributed by atoms with Gasteiger partial charge in [0.2, 0.25) is 0 Å². The molecule has 0 aromatic rings. The van der Waals surface area contributed by atoms with Crippen LogP contribution >= 0.6 is 0 Å². The standard InChI is InChI=1S/C14H24O4Si/c1-3-7-13(15)17-9-5-11-19-12-6-10-18-14(16)8-4-2/h3-4,7-8H,5-6,9-12,19H2,1-2H3. The summed E-state index contributed by atoms with van der Waals surface area (Å²) < 4.78 is 9.98. The van der Waals surface area contributed by atoms with Crippen LogP contribution in [0.1, 0.15) is 26.7 Å². The van der Waals surface area contributed by atoms with E-state index in [4.69, 9.17) is 9.47 Å². The number of hydrogen-bond acceptors (Lipinski definition) is 4. The summed E-state index contributed by atoms with van der Waals surface area (Å²) in [5, 5.41) is 0. The molecule has 0 aromatic carbocycles. The normalized spacial score (nSPS) is 11.7. The van der Waals surface area contributed by atoms with Crippen molar-refractivity contribution in [3.63, 3.8) is 0 Å². The molecule has 19 heavy (non-hydrogen) atoms.